The topological polar surface area (TPSA) is 102 Å². The van der Waals surface area contributed by atoms with Gasteiger partial charge in [0.05, 0.1) is 25.3 Å². The molecule has 4 atom stereocenters. The molecule has 0 aromatic heterocycles. The zero-order chi connectivity index (χ0) is 32.1. The minimum Gasteiger partial charge on any atom is -0.378 e. The molecule has 0 aromatic rings. The highest BCUT2D eigenvalue weighted by molar-refractivity contribution is 5.97. The lowest BCUT2D eigenvalue weighted by molar-refractivity contribution is -0.145. The van der Waals surface area contributed by atoms with E-state index >= 15 is 0 Å². The normalized spacial score (nSPS) is 23.8. The Morgan fingerprint density at radius 1 is 0.907 bits per heavy atom. The van der Waals surface area contributed by atoms with Gasteiger partial charge in [-0.15, -0.1) is 0 Å². The number of piperidine rings is 1. The van der Waals surface area contributed by atoms with E-state index in [1.54, 1.807) is 28.7 Å². The first-order valence-electron chi connectivity index (χ1n) is 16.3. The second kappa shape index (κ2) is 15.0. The van der Waals surface area contributed by atoms with Crippen molar-refractivity contribution in [3.8, 4) is 0 Å². The molecular formula is C33H57N5O5. The Kier molecular flexibility index (Phi) is 12.2. The van der Waals surface area contributed by atoms with Crippen LogP contribution in [0.5, 0.6) is 0 Å². The standard InChI is InChI=1S/C33H57N5O5/c1-22(2)27(21-24(5)30(40)38-16-12-14-26(38)31(41)36-17-19-43-20-18-36)35(9)32(42)28(33(6,7)8)34-29(39)25-13-10-11-15-37(25)23(3)4/h21-23,25-28H,10-20H2,1-9H3,(H,34,39)/t25-,26+,27-,28-/m1/s1. The van der Waals surface area contributed by atoms with Crippen molar-refractivity contribution in [1.29, 1.82) is 0 Å². The van der Waals surface area contributed by atoms with Crippen LogP contribution in [0.3, 0.4) is 0 Å². The first kappa shape index (κ1) is 35.0. The molecule has 3 fully saturated rings. The zero-order valence-corrected chi connectivity index (χ0v) is 28.1. The van der Waals surface area contributed by atoms with Gasteiger partial charge in [0, 0.05) is 38.3 Å². The smallest absolute Gasteiger partial charge is 0.249 e. The van der Waals surface area contributed by atoms with Crippen molar-refractivity contribution in [1.82, 2.24) is 24.9 Å². The number of ether oxygens (including phenoxy) is 1. The van der Waals surface area contributed by atoms with Gasteiger partial charge >= 0.3 is 0 Å². The van der Waals surface area contributed by atoms with Gasteiger partial charge in [-0.25, -0.2) is 0 Å². The molecule has 0 unspecified atom stereocenters. The molecule has 3 heterocycles. The maximum absolute atomic E-state index is 14.1. The monoisotopic (exact) mass is 603 g/mol. The number of hydrogen-bond acceptors (Lipinski definition) is 6. The second-order valence-electron chi connectivity index (χ2n) is 14.3. The highest BCUT2D eigenvalue weighted by atomic mass is 16.5. The Labute approximate surface area is 259 Å². The van der Waals surface area contributed by atoms with Gasteiger partial charge in [-0.3, -0.25) is 24.1 Å². The number of carbonyl (C=O) groups is 4. The summed E-state index contributed by atoms with van der Waals surface area (Å²) in [5.74, 6) is -0.422. The Morgan fingerprint density at radius 2 is 1.53 bits per heavy atom. The van der Waals surface area contributed by atoms with Crippen LogP contribution >= 0.6 is 0 Å². The number of nitrogens with zero attached hydrogens (tertiary/aromatic N) is 4. The summed E-state index contributed by atoms with van der Waals surface area (Å²) in [6.45, 7) is 19.5. The van der Waals surface area contributed by atoms with E-state index in [9.17, 15) is 19.2 Å². The van der Waals surface area contributed by atoms with Crippen molar-refractivity contribution in [3.05, 3.63) is 11.6 Å². The summed E-state index contributed by atoms with van der Waals surface area (Å²) in [6, 6.07) is -1.54. The largest absolute Gasteiger partial charge is 0.378 e. The fourth-order valence-electron chi connectivity index (χ4n) is 6.66. The molecule has 244 valence electrons. The average molecular weight is 604 g/mol. The summed E-state index contributed by atoms with van der Waals surface area (Å²) < 4.78 is 5.40. The van der Waals surface area contributed by atoms with Gasteiger partial charge in [0.1, 0.15) is 12.1 Å². The van der Waals surface area contributed by atoms with Gasteiger partial charge in [0.2, 0.25) is 23.6 Å². The molecule has 10 heteroatoms. The van der Waals surface area contributed by atoms with Gasteiger partial charge in [-0.05, 0) is 64.3 Å². The lowest BCUT2D eigenvalue weighted by Gasteiger charge is -2.41. The maximum Gasteiger partial charge on any atom is 0.249 e. The Balaban J connectivity index is 1.77. The van der Waals surface area contributed by atoms with Gasteiger partial charge in [-0.2, -0.15) is 0 Å². The molecule has 3 saturated heterocycles. The summed E-state index contributed by atoms with van der Waals surface area (Å²) in [4.78, 5) is 62.1. The Bertz CT molecular complexity index is 1030. The molecule has 10 nitrogen and oxygen atoms in total. The molecule has 3 rings (SSSR count). The lowest BCUT2D eigenvalue weighted by atomic mass is 9.84. The van der Waals surface area contributed by atoms with E-state index in [4.69, 9.17) is 4.74 Å². The number of likely N-dealkylation sites (tertiary alicyclic amines) is 2. The van der Waals surface area contributed by atoms with Crippen LogP contribution in [0, 0.1) is 11.3 Å². The van der Waals surface area contributed by atoms with Gasteiger partial charge in [0.15, 0.2) is 0 Å². The molecule has 0 radical (unpaired) electrons. The van der Waals surface area contributed by atoms with Crippen molar-refractivity contribution >= 4 is 23.6 Å². The van der Waals surface area contributed by atoms with Crippen LogP contribution in [0.25, 0.3) is 0 Å². The van der Waals surface area contributed by atoms with Crippen LogP contribution in [-0.2, 0) is 23.9 Å². The molecule has 1 N–H and O–H groups in total. The van der Waals surface area contributed by atoms with E-state index in [-0.39, 0.29) is 47.7 Å². The minimum absolute atomic E-state index is 0.00702. The van der Waals surface area contributed by atoms with E-state index in [0.717, 1.165) is 32.2 Å². The highest BCUT2D eigenvalue weighted by Crippen LogP contribution is 2.27. The third-order valence-corrected chi connectivity index (χ3v) is 9.27. The molecule has 0 aliphatic carbocycles. The fourth-order valence-corrected chi connectivity index (χ4v) is 6.66. The fraction of sp³-hybridized carbons (Fsp3) is 0.818. The molecule has 43 heavy (non-hydrogen) atoms. The second-order valence-corrected chi connectivity index (χ2v) is 14.3. The van der Waals surface area contributed by atoms with Crippen LogP contribution in [-0.4, -0.2) is 120 Å². The Hall–Kier alpha value is -2.46. The first-order chi connectivity index (χ1) is 20.1. The Morgan fingerprint density at radius 3 is 2.12 bits per heavy atom. The number of carbonyl (C=O) groups excluding carboxylic acids is 4. The third-order valence-electron chi connectivity index (χ3n) is 9.27. The molecule has 0 bridgehead atoms. The molecule has 3 aliphatic rings. The maximum atomic E-state index is 14.1. The quantitative estimate of drug-likeness (QED) is 0.407. The molecule has 4 amide bonds. The number of likely N-dealkylation sites (N-methyl/N-ethyl adjacent to an activating group) is 1. The molecule has 0 saturated carbocycles. The summed E-state index contributed by atoms with van der Waals surface area (Å²) in [6.07, 6.45) is 6.17. The predicted octanol–water partition coefficient (Wildman–Crippen LogP) is 3.06. The number of nitrogens with one attached hydrogen (secondary N) is 1. The van der Waals surface area contributed by atoms with Crippen molar-refractivity contribution in [3.63, 3.8) is 0 Å². The van der Waals surface area contributed by atoms with E-state index in [0.29, 0.717) is 44.8 Å². The summed E-state index contributed by atoms with van der Waals surface area (Å²) in [7, 11) is 1.76. The number of morpholine rings is 1. The summed E-state index contributed by atoms with van der Waals surface area (Å²) >= 11 is 0. The average Bonchev–Trinajstić information content (AvgIpc) is 3.46. The number of hydrogen-bond donors (Lipinski definition) is 1. The molecule has 3 aliphatic heterocycles. The SMILES string of the molecule is CC(=C[C@H](C(C)C)N(C)C(=O)[C@@H](NC(=O)[C@H]1CCCCN1C(C)C)C(C)(C)C)C(=O)N1CCC[C@H]1C(=O)N1CCOCC1. The van der Waals surface area contributed by atoms with Crippen LogP contribution in [0.1, 0.15) is 87.5 Å². The van der Waals surface area contributed by atoms with E-state index in [1.165, 1.54) is 0 Å². The zero-order valence-electron chi connectivity index (χ0n) is 28.1. The summed E-state index contributed by atoms with van der Waals surface area (Å²) in [5.41, 5.74) is 0.00279. The van der Waals surface area contributed by atoms with Crippen LogP contribution in [0.4, 0.5) is 0 Å². The van der Waals surface area contributed by atoms with Crippen molar-refractivity contribution < 1.29 is 23.9 Å². The summed E-state index contributed by atoms with van der Waals surface area (Å²) in [5, 5.41) is 3.14. The van der Waals surface area contributed by atoms with Crippen molar-refractivity contribution in [2.75, 3.05) is 46.4 Å². The lowest BCUT2D eigenvalue weighted by Crippen LogP contribution is -2.60. The van der Waals surface area contributed by atoms with Crippen molar-refractivity contribution in [2.24, 2.45) is 11.3 Å². The van der Waals surface area contributed by atoms with Gasteiger partial charge in [-0.1, -0.05) is 47.1 Å². The highest BCUT2D eigenvalue weighted by Gasteiger charge is 2.41. The molecular weight excluding hydrogens is 546 g/mol. The number of rotatable bonds is 9. The van der Waals surface area contributed by atoms with Crippen molar-refractivity contribution in [2.45, 2.75) is 118 Å². The van der Waals surface area contributed by atoms with E-state index in [1.807, 2.05) is 40.7 Å². The number of amides is 4. The van der Waals surface area contributed by atoms with Crippen LogP contribution in [0.2, 0.25) is 0 Å². The molecule has 0 aromatic carbocycles. The third kappa shape index (κ3) is 8.59. The van der Waals surface area contributed by atoms with Gasteiger partial charge < -0.3 is 24.8 Å². The van der Waals surface area contributed by atoms with Gasteiger partial charge in [0.25, 0.3) is 0 Å². The van der Waals surface area contributed by atoms with Crippen LogP contribution in [0.15, 0.2) is 11.6 Å². The van der Waals surface area contributed by atoms with E-state index < -0.39 is 17.5 Å². The minimum atomic E-state index is -0.722. The van der Waals surface area contributed by atoms with E-state index in [2.05, 4.69) is 24.1 Å². The molecule has 0 spiro atoms. The first-order valence-corrected chi connectivity index (χ1v) is 16.3. The predicted molar refractivity (Wildman–Crippen MR) is 168 cm³/mol. The van der Waals surface area contributed by atoms with Crippen LogP contribution < -0.4 is 5.32 Å².